The summed E-state index contributed by atoms with van der Waals surface area (Å²) in [6.45, 7) is 7.72. The van der Waals surface area contributed by atoms with Crippen molar-refractivity contribution >= 4 is 5.91 Å². The summed E-state index contributed by atoms with van der Waals surface area (Å²) in [4.78, 5) is 17.3. The lowest BCUT2D eigenvalue weighted by Crippen LogP contribution is -2.41. The number of likely N-dealkylation sites (tertiary alicyclic amines) is 1. The zero-order valence-corrected chi connectivity index (χ0v) is 16.2. The summed E-state index contributed by atoms with van der Waals surface area (Å²) in [5.41, 5.74) is 1.29. The summed E-state index contributed by atoms with van der Waals surface area (Å²) in [7, 11) is 1.69. The van der Waals surface area contributed by atoms with Crippen LogP contribution in [-0.2, 0) is 4.79 Å². The molecule has 1 aromatic rings. The van der Waals surface area contributed by atoms with E-state index in [9.17, 15) is 4.79 Å². The fourth-order valence-corrected chi connectivity index (χ4v) is 3.55. The molecule has 1 atom stereocenters. The molecule has 1 saturated heterocycles. The fraction of sp³-hybridized carbons (Fsp3) is 0.667. The van der Waals surface area contributed by atoms with E-state index in [0.29, 0.717) is 18.5 Å². The van der Waals surface area contributed by atoms with Crippen LogP contribution in [0.3, 0.4) is 0 Å². The highest BCUT2D eigenvalue weighted by atomic mass is 16.5. The second kappa shape index (κ2) is 10.4. The Morgan fingerprint density at radius 2 is 1.80 bits per heavy atom. The number of amides is 1. The lowest BCUT2D eigenvalue weighted by atomic mass is 10.0. The standard InChI is InChI=1S/C21H34N2O2/c1-4-6-14-22(15-7-5-2)21(24)17-23-16-8-9-20(23)18-10-12-19(25-3)13-11-18/h10-13,20H,4-9,14-17H2,1-3H3. The van der Waals surface area contributed by atoms with E-state index < -0.39 is 0 Å². The van der Waals surface area contributed by atoms with Crippen molar-refractivity contribution in [2.45, 2.75) is 58.4 Å². The van der Waals surface area contributed by atoms with Gasteiger partial charge in [0.1, 0.15) is 5.75 Å². The van der Waals surface area contributed by atoms with Crippen LogP contribution < -0.4 is 4.74 Å². The van der Waals surface area contributed by atoms with Gasteiger partial charge in [-0.3, -0.25) is 9.69 Å². The molecule has 0 radical (unpaired) electrons. The van der Waals surface area contributed by atoms with E-state index in [1.165, 1.54) is 5.56 Å². The average Bonchev–Trinajstić information content (AvgIpc) is 3.10. The number of methoxy groups -OCH3 is 1. The van der Waals surface area contributed by atoms with Crippen molar-refractivity contribution < 1.29 is 9.53 Å². The molecule has 0 saturated carbocycles. The zero-order chi connectivity index (χ0) is 18.1. The summed E-state index contributed by atoms with van der Waals surface area (Å²) in [6, 6.07) is 8.66. The summed E-state index contributed by atoms with van der Waals surface area (Å²) in [6.07, 6.45) is 6.74. The van der Waals surface area contributed by atoms with Gasteiger partial charge >= 0.3 is 0 Å². The largest absolute Gasteiger partial charge is 0.497 e. The lowest BCUT2D eigenvalue weighted by Gasteiger charge is -2.29. The number of rotatable bonds is 10. The van der Waals surface area contributed by atoms with Gasteiger partial charge in [-0.2, -0.15) is 0 Å². The molecule has 2 rings (SSSR count). The van der Waals surface area contributed by atoms with Crippen LogP contribution in [0.5, 0.6) is 5.75 Å². The summed E-state index contributed by atoms with van der Waals surface area (Å²) < 4.78 is 5.26. The normalized spacial score (nSPS) is 17.6. The third-order valence-electron chi connectivity index (χ3n) is 5.12. The highest BCUT2D eigenvalue weighted by Gasteiger charge is 2.28. The van der Waals surface area contributed by atoms with Gasteiger partial charge in [0.2, 0.25) is 5.91 Å². The van der Waals surface area contributed by atoms with Gasteiger partial charge in [-0.05, 0) is 49.9 Å². The molecule has 0 N–H and O–H groups in total. The number of benzene rings is 1. The maximum absolute atomic E-state index is 12.9. The molecule has 4 heteroatoms. The van der Waals surface area contributed by atoms with Crippen LogP contribution >= 0.6 is 0 Å². The van der Waals surface area contributed by atoms with Crippen LogP contribution in [0.1, 0.15) is 64.0 Å². The number of ether oxygens (including phenoxy) is 1. The van der Waals surface area contributed by atoms with Gasteiger partial charge in [-0.1, -0.05) is 38.8 Å². The quantitative estimate of drug-likeness (QED) is 0.634. The van der Waals surface area contributed by atoms with Crippen LogP contribution in [0, 0.1) is 0 Å². The first-order valence-electron chi connectivity index (χ1n) is 9.85. The average molecular weight is 347 g/mol. The van der Waals surface area contributed by atoms with Crippen molar-refractivity contribution in [2.75, 3.05) is 33.3 Å². The van der Waals surface area contributed by atoms with Gasteiger partial charge in [0.25, 0.3) is 0 Å². The molecule has 1 heterocycles. The van der Waals surface area contributed by atoms with Crippen molar-refractivity contribution in [3.8, 4) is 5.75 Å². The third-order valence-corrected chi connectivity index (χ3v) is 5.12. The maximum Gasteiger partial charge on any atom is 0.236 e. The molecule has 1 unspecified atom stereocenters. The smallest absolute Gasteiger partial charge is 0.236 e. The number of unbranched alkanes of at least 4 members (excludes halogenated alkanes) is 2. The number of hydrogen-bond acceptors (Lipinski definition) is 3. The van der Waals surface area contributed by atoms with E-state index in [1.807, 2.05) is 12.1 Å². The Hall–Kier alpha value is -1.55. The molecule has 1 fully saturated rings. The van der Waals surface area contributed by atoms with E-state index in [0.717, 1.165) is 63.9 Å². The number of hydrogen-bond donors (Lipinski definition) is 0. The van der Waals surface area contributed by atoms with Crippen molar-refractivity contribution in [1.82, 2.24) is 9.80 Å². The second-order valence-corrected chi connectivity index (χ2v) is 6.99. The van der Waals surface area contributed by atoms with Crippen LogP contribution in [-0.4, -0.2) is 49.0 Å². The SMILES string of the molecule is CCCCN(CCCC)C(=O)CN1CCCC1c1ccc(OC)cc1. The topological polar surface area (TPSA) is 32.8 Å². The summed E-state index contributed by atoms with van der Waals surface area (Å²) >= 11 is 0. The van der Waals surface area contributed by atoms with E-state index >= 15 is 0 Å². The van der Waals surface area contributed by atoms with Gasteiger partial charge in [-0.15, -0.1) is 0 Å². The predicted molar refractivity (Wildman–Crippen MR) is 103 cm³/mol. The molecule has 1 amide bonds. The minimum Gasteiger partial charge on any atom is -0.497 e. The highest BCUT2D eigenvalue weighted by molar-refractivity contribution is 5.78. The molecule has 1 aliphatic heterocycles. The van der Waals surface area contributed by atoms with Crippen molar-refractivity contribution in [2.24, 2.45) is 0 Å². The van der Waals surface area contributed by atoms with E-state index in [-0.39, 0.29) is 0 Å². The fourth-order valence-electron chi connectivity index (χ4n) is 3.55. The van der Waals surface area contributed by atoms with Gasteiger partial charge in [-0.25, -0.2) is 0 Å². The molecule has 0 bridgehead atoms. The van der Waals surface area contributed by atoms with Crippen LogP contribution in [0.15, 0.2) is 24.3 Å². The number of nitrogens with zero attached hydrogens (tertiary/aromatic N) is 2. The van der Waals surface area contributed by atoms with Gasteiger partial charge in [0.05, 0.1) is 13.7 Å². The van der Waals surface area contributed by atoms with Gasteiger partial charge in [0.15, 0.2) is 0 Å². The minimum atomic E-state index is 0.294. The molecule has 4 nitrogen and oxygen atoms in total. The van der Waals surface area contributed by atoms with Crippen LogP contribution in [0.4, 0.5) is 0 Å². The third kappa shape index (κ3) is 5.74. The molecule has 140 valence electrons. The molecular formula is C21H34N2O2. The molecule has 0 aliphatic carbocycles. The van der Waals surface area contributed by atoms with Gasteiger partial charge < -0.3 is 9.64 Å². The molecule has 0 aromatic heterocycles. The lowest BCUT2D eigenvalue weighted by molar-refractivity contribution is -0.132. The Balaban J connectivity index is 1.98. The first-order chi connectivity index (χ1) is 12.2. The van der Waals surface area contributed by atoms with Crippen LogP contribution in [0.25, 0.3) is 0 Å². The Bertz CT molecular complexity index is 507. The number of carbonyl (C=O) groups excluding carboxylic acids is 1. The summed E-state index contributed by atoms with van der Waals surface area (Å²) in [5.74, 6) is 1.18. The van der Waals surface area contributed by atoms with E-state index in [4.69, 9.17) is 4.74 Å². The predicted octanol–water partition coefficient (Wildman–Crippen LogP) is 4.26. The van der Waals surface area contributed by atoms with Gasteiger partial charge in [0, 0.05) is 19.1 Å². The molecular weight excluding hydrogens is 312 g/mol. The molecule has 0 spiro atoms. The first kappa shape index (κ1) is 19.8. The first-order valence-corrected chi connectivity index (χ1v) is 9.85. The second-order valence-electron chi connectivity index (χ2n) is 6.99. The molecule has 1 aliphatic rings. The van der Waals surface area contributed by atoms with E-state index in [1.54, 1.807) is 7.11 Å². The molecule has 1 aromatic carbocycles. The Labute approximate surface area is 153 Å². The Kier molecular flexibility index (Phi) is 8.26. The minimum absolute atomic E-state index is 0.294. The van der Waals surface area contributed by atoms with E-state index in [2.05, 4.69) is 35.8 Å². The zero-order valence-electron chi connectivity index (χ0n) is 16.2. The maximum atomic E-state index is 12.9. The molecule has 25 heavy (non-hydrogen) atoms. The van der Waals surface area contributed by atoms with Crippen LogP contribution in [0.2, 0.25) is 0 Å². The summed E-state index contributed by atoms with van der Waals surface area (Å²) in [5, 5.41) is 0. The highest BCUT2D eigenvalue weighted by Crippen LogP contribution is 2.32. The van der Waals surface area contributed by atoms with Crippen molar-refractivity contribution in [3.05, 3.63) is 29.8 Å². The van der Waals surface area contributed by atoms with Crippen molar-refractivity contribution in [1.29, 1.82) is 0 Å². The Morgan fingerprint density at radius 3 is 2.36 bits per heavy atom. The monoisotopic (exact) mass is 346 g/mol. The van der Waals surface area contributed by atoms with Crippen molar-refractivity contribution in [3.63, 3.8) is 0 Å². The number of carbonyl (C=O) groups is 1. The Morgan fingerprint density at radius 1 is 1.16 bits per heavy atom.